The second-order valence-corrected chi connectivity index (χ2v) is 3.75. The highest BCUT2D eigenvalue weighted by molar-refractivity contribution is 4.98. The van der Waals surface area contributed by atoms with Crippen molar-refractivity contribution in [2.45, 2.75) is 39.2 Å². The van der Waals surface area contributed by atoms with Gasteiger partial charge in [0, 0.05) is 6.04 Å². The van der Waals surface area contributed by atoms with Crippen molar-refractivity contribution in [2.24, 2.45) is 5.92 Å². The van der Waals surface area contributed by atoms with Gasteiger partial charge in [0.05, 0.1) is 0 Å². The van der Waals surface area contributed by atoms with Crippen LogP contribution in [0.15, 0.2) is 11.6 Å². The number of hydrogen-bond donors (Lipinski definition) is 1. The van der Waals surface area contributed by atoms with Gasteiger partial charge in [-0.15, -0.1) is 0 Å². The molecule has 0 saturated heterocycles. The second kappa shape index (κ2) is 3.91. The molecule has 1 saturated carbocycles. The highest BCUT2D eigenvalue weighted by atomic mass is 14.9. The Morgan fingerprint density at radius 3 is 2.55 bits per heavy atom. The summed E-state index contributed by atoms with van der Waals surface area (Å²) >= 11 is 0. The van der Waals surface area contributed by atoms with Crippen LogP contribution in [0.25, 0.3) is 0 Å². The maximum atomic E-state index is 3.35. The molecule has 1 aliphatic rings. The molecule has 0 radical (unpaired) electrons. The van der Waals surface area contributed by atoms with Crippen molar-refractivity contribution in [1.29, 1.82) is 0 Å². The van der Waals surface area contributed by atoms with Gasteiger partial charge in [-0.1, -0.05) is 11.6 Å². The van der Waals surface area contributed by atoms with Crippen LogP contribution in [-0.4, -0.2) is 13.1 Å². The molecule has 1 nitrogen and oxygen atoms in total. The monoisotopic (exact) mass is 153 g/mol. The van der Waals surface area contributed by atoms with Crippen LogP contribution in [0.5, 0.6) is 0 Å². The van der Waals surface area contributed by atoms with Gasteiger partial charge in [-0.25, -0.2) is 0 Å². The van der Waals surface area contributed by atoms with E-state index in [1.165, 1.54) is 24.8 Å². The Balaban J connectivity index is 2.22. The first-order valence-corrected chi connectivity index (χ1v) is 4.54. The van der Waals surface area contributed by atoms with Gasteiger partial charge in [0.25, 0.3) is 0 Å². The summed E-state index contributed by atoms with van der Waals surface area (Å²) in [5.41, 5.74) is 1.45. The van der Waals surface area contributed by atoms with Crippen molar-refractivity contribution >= 4 is 0 Å². The van der Waals surface area contributed by atoms with Crippen LogP contribution in [0.2, 0.25) is 0 Å². The minimum Gasteiger partial charge on any atom is -0.317 e. The molecule has 1 aliphatic carbocycles. The Labute approximate surface area is 69.9 Å². The number of hydrogen-bond acceptors (Lipinski definition) is 1. The standard InChI is InChI=1S/C10H19N/c1-8(2)4-5-9-6-7-10(9)11-3/h4,9-11H,5-7H2,1-3H3/t9-,10-/m1/s1. The molecule has 0 amide bonds. The summed E-state index contributed by atoms with van der Waals surface area (Å²) in [5.74, 6) is 0.912. The fourth-order valence-corrected chi connectivity index (χ4v) is 1.62. The van der Waals surface area contributed by atoms with Crippen LogP contribution >= 0.6 is 0 Å². The van der Waals surface area contributed by atoms with E-state index in [-0.39, 0.29) is 0 Å². The zero-order valence-corrected chi connectivity index (χ0v) is 7.85. The fraction of sp³-hybridized carbons (Fsp3) is 0.800. The number of rotatable bonds is 3. The molecule has 64 valence electrons. The van der Waals surface area contributed by atoms with E-state index in [1.807, 2.05) is 0 Å². The van der Waals surface area contributed by atoms with Crippen LogP contribution in [0.1, 0.15) is 33.1 Å². The summed E-state index contributed by atoms with van der Waals surface area (Å²) < 4.78 is 0. The molecule has 1 fully saturated rings. The summed E-state index contributed by atoms with van der Waals surface area (Å²) in [7, 11) is 2.07. The first-order chi connectivity index (χ1) is 5.24. The van der Waals surface area contributed by atoms with Gasteiger partial charge in [0.2, 0.25) is 0 Å². The molecule has 0 bridgehead atoms. The second-order valence-electron chi connectivity index (χ2n) is 3.75. The quantitative estimate of drug-likeness (QED) is 0.614. The first kappa shape index (κ1) is 8.79. The molecule has 11 heavy (non-hydrogen) atoms. The third-order valence-electron chi connectivity index (χ3n) is 2.62. The third kappa shape index (κ3) is 2.33. The Hall–Kier alpha value is -0.300. The lowest BCUT2D eigenvalue weighted by atomic mass is 9.77. The molecule has 1 rings (SSSR count). The maximum absolute atomic E-state index is 3.35. The van der Waals surface area contributed by atoms with E-state index in [0.717, 1.165) is 12.0 Å². The van der Waals surface area contributed by atoms with E-state index in [4.69, 9.17) is 0 Å². The van der Waals surface area contributed by atoms with Crippen molar-refractivity contribution in [3.63, 3.8) is 0 Å². The Morgan fingerprint density at radius 1 is 1.45 bits per heavy atom. The molecule has 0 heterocycles. The molecule has 1 N–H and O–H groups in total. The van der Waals surface area contributed by atoms with Gasteiger partial charge < -0.3 is 5.32 Å². The summed E-state index contributed by atoms with van der Waals surface area (Å²) in [4.78, 5) is 0. The molecule has 0 unspecified atom stereocenters. The topological polar surface area (TPSA) is 12.0 Å². The number of nitrogens with one attached hydrogen (secondary N) is 1. The van der Waals surface area contributed by atoms with E-state index < -0.39 is 0 Å². The number of allylic oxidation sites excluding steroid dienone is 2. The molecule has 0 aromatic carbocycles. The highest BCUT2D eigenvalue weighted by Crippen LogP contribution is 2.30. The van der Waals surface area contributed by atoms with E-state index in [0.29, 0.717) is 0 Å². The van der Waals surface area contributed by atoms with Gasteiger partial charge in [-0.05, 0) is 46.1 Å². The molecule has 0 aromatic heterocycles. The Bertz CT molecular complexity index is 143. The summed E-state index contributed by atoms with van der Waals surface area (Å²) in [6.45, 7) is 4.35. The van der Waals surface area contributed by atoms with Crippen molar-refractivity contribution in [1.82, 2.24) is 5.32 Å². The summed E-state index contributed by atoms with van der Waals surface area (Å²) in [6, 6.07) is 0.797. The van der Waals surface area contributed by atoms with Gasteiger partial charge in [-0.3, -0.25) is 0 Å². The van der Waals surface area contributed by atoms with Gasteiger partial charge >= 0.3 is 0 Å². The lowest BCUT2D eigenvalue weighted by molar-refractivity contribution is 0.223. The fourth-order valence-electron chi connectivity index (χ4n) is 1.62. The molecule has 0 spiro atoms. The van der Waals surface area contributed by atoms with Gasteiger partial charge in [0.15, 0.2) is 0 Å². The SMILES string of the molecule is CN[C@@H]1CC[C@H]1CC=C(C)C. The van der Waals surface area contributed by atoms with Crippen LogP contribution in [0, 0.1) is 5.92 Å². The predicted molar refractivity (Wildman–Crippen MR) is 49.6 cm³/mol. The first-order valence-electron chi connectivity index (χ1n) is 4.54. The largest absolute Gasteiger partial charge is 0.317 e. The zero-order valence-electron chi connectivity index (χ0n) is 7.85. The van der Waals surface area contributed by atoms with Crippen molar-refractivity contribution in [3.8, 4) is 0 Å². The molecule has 0 aliphatic heterocycles. The van der Waals surface area contributed by atoms with Crippen LogP contribution in [-0.2, 0) is 0 Å². The van der Waals surface area contributed by atoms with Crippen LogP contribution in [0.3, 0.4) is 0 Å². The highest BCUT2D eigenvalue weighted by Gasteiger charge is 2.27. The zero-order chi connectivity index (χ0) is 8.27. The van der Waals surface area contributed by atoms with Crippen molar-refractivity contribution in [2.75, 3.05) is 7.05 Å². The lowest BCUT2D eigenvalue weighted by Crippen LogP contribution is -2.41. The van der Waals surface area contributed by atoms with E-state index in [9.17, 15) is 0 Å². The van der Waals surface area contributed by atoms with Crippen molar-refractivity contribution < 1.29 is 0 Å². The van der Waals surface area contributed by atoms with Gasteiger partial charge in [-0.2, -0.15) is 0 Å². The Morgan fingerprint density at radius 2 is 2.18 bits per heavy atom. The minimum atomic E-state index is 0.797. The normalized spacial score (nSPS) is 29.4. The molecular formula is C10H19N. The average Bonchev–Trinajstić information content (AvgIpc) is 1.86. The summed E-state index contributed by atoms with van der Waals surface area (Å²) in [6.07, 6.45) is 6.41. The third-order valence-corrected chi connectivity index (χ3v) is 2.62. The molecule has 2 atom stereocenters. The molecular weight excluding hydrogens is 134 g/mol. The lowest BCUT2D eigenvalue weighted by Gasteiger charge is -2.35. The van der Waals surface area contributed by atoms with E-state index >= 15 is 0 Å². The average molecular weight is 153 g/mol. The maximum Gasteiger partial charge on any atom is 0.00954 e. The van der Waals surface area contributed by atoms with E-state index in [1.54, 1.807) is 0 Å². The smallest absolute Gasteiger partial charge is 0.00954 e. The summed E-state index contributed by atoms with van der Waals surface area (Å²) in [5, 5.41) is 3.35. The minimum absolute atomic E-state index is 0.797. The molecule has 1 heteroatoms. The van der Waals surface area contributed by atoms with E-state index in [2.05, 4.69) is 32.3 Å². The van der Waals surface area contributed by atoms with Gasteiger partial charge in [0.1, 0.15) is 0 Å². The molecule has 0 aromatic rings. The predicted octanol–water partition coefficient (Wildman–Crippen LogP) is 2.34. The van der Waals surface area contributed by atoms with Crippen LogP contribution in [0.4, 0.5) is 0 Å². The van der Waals surface area contributed by atoms with Crippen LogP contribution < -0.4 is 5.32 Å². The Kier molecular flexibility index (Phi) is 3.13. The van der Waals surface area contributed by atoms with Crippen molar-refractivity contribution in [3.05, 3.63) is 11.6 Å².